The highest BCUT2D eigenvalue weighted by atomic mass is 19.1. The SMILES string of the molecule is CC(C)(C)OCCCOCCCCCCCCCCCc1ccc(F)cc1. The van der Waals surface area contributed by atoms with Crippen molar-refractivity contribution in [1.82, 2.24) is 0 Å². The minimum Gasteiger partial charge on any atom is -0.381 e. The van der Waals surface area contributed by atoms with Crippen molar-refractivity contribution in [1.29, 1.82) is 0 Å². The Labute approximate surface area is 166 Å². The van der Waals surface area contributed by atoms with E-state index in [2.05, 4.69) is 20.8 Å². The van der Waals surface area contributed by atoms with Gasteiger partial charge in [-0.15, -0.1) is 0 Å². The van der Waals surface area contributed by atoms with E-state index in [0.717, 1.165) is 32.7 Å². The molecule has 0 saturated carbocycles. The highest BCUT2D eigenvalue weighted by Gasteiger charge is 2.08. The van der Waals surface area contributed by atoms with E-state index < -0.39 is 0 Å². The zero-order chi connectivity index (χ0) is 19.8. The molecular formula is C24H41FO2. The lowest BCUT2D eigenvalue weighted by Crippen LogP contribution is -2.20. The molecule has 0 unspecified atom stereocenters. The third kappa shape index (κ3) is 15.8. The number of benzene rings is 1. The van der Waals surface area contributed by atoms with Gasteiger partial charge in [-0.3, -0.25) is 0 Å². The van der Waals surface area contributed by atoms with Crippen molar-refractivity contribution < 1.29 is 13.9 Å². The van der Waals surface area contributed by atoms with Crippen molar-refractivity contribution in [3.8, 4) is 0 Å². The molecule has 0 aliphatic rings. The first kappa shape index (κ1) is 24.1. The van der Waals surface area contributed by atoms with Gasteiger partial charge in [0, 0.05) is 19.8 Å². The summed E-state index contributed by atoms with van der Waals surface area (Å²) in [6, 6.07) is 6.92. The average molecular weight is 381 g/mol. The predicted octanol–water partition coefficient (Wildman–Crippen LogP) is 7.10. The van der Waals surface area contributed by atoms with Crippen LogP contribution in [0.5, 0.6) is 0 Å². The maximum absolute atomic E-state index is 12.8. The fourth-order valence-corrected chi connectivity index (χ4v) is 3.06. The van der Waals surface area contributed by atoms with Gasteiger partial charge in [0.05, 0.1) is 5.60 Å². The first-order valence-corrected chi connectivity index (χ1v) is 10.9. The normalized spacial score (nSPS) is 11.9. The molecule has 0 atom stereocenters. The highest BCUT2D eigenvalue weighted by Crippen LogP contribution is 2.12. The van der Waals surface area contributed by atoms with Crippen molar-refractivity contribution in [3.63, 3.8) is 0 Å². The number of unbranched alkanes of at least 4 members (excludes halogenated alkanes) is 8. The van der Waals surface area contributed by atoms with Gasteiger partial charge >= 0.3 is 0 Å². The van der Waals surface area contributed by atoms with E-state index in [9.17, 15) is 4.39 Å². The van der Waals surface area contributed by atoms with Crippen LogP contribution in [0.15, 0.2) is 24.3 Å². The van der Waals surface area contributed by atoms with Gasteiger partial charge in [-0.05, 0) is 64.2 Å². The van der Waals surface area contributed by atoms with Crippen molar-refractivity contribution in [2.75, 3.05) is 19.8 Å². The molecular weight excluding hydrogens is 339 g/mol. The molecule has 0 radical (unpaired) electrons. The smallest absolute Gasteiger partial charge is 0.123 e. The molecule has 0 fully saturated rings. The molecule has 0 heterocycles. The Morgan fingerprint density at radius 2 is 1.19 bits per heavy atom. The Hall–Kier alpha value is -0.930. The molecule has 3 heteroatoms. The Morgan fingerprint density at radius 3 is 1.78 bits per heavy atom. The lowest BCUT2D eigenvalue weighted by molar-refractivity contribution is -0.0140. The monoisotopic (exact) mass is 380 g/mol. The van der Waals surface area contributed by atoms with E-state index in [1.165, 1.54) is 63.4 Å². The maximum atomic E-state index is 12.8. The summed E-state index contributed by atoms with van der Waals surface area (Å²) in [4.78, 5) is 0. The molecule has 0 spiro atoms. The van der Waals surface area contributed by atoms with Gasteiger partial charge in [0.25, 0.3) is 0 Å². The van der Waals surface area contributed by atoms with E-state index in [4.69, 9.17) is 9.47 Å². The van der Waals surface area contributed by atoms with Crippen LogP contribution in [-0.4, -0.2) is 25.4 Å². The third-order valence-electron chi connectivity index (χ3n) is 4.64. The van der Waals surface area contributed by atoms with Crippen LogP contribution in [0.3, 0.4) is 0 Å². The van der Waals surface area contributed by atoms with E-state index >= 15 is 0 Å². The summed E-state index contributed by atoms with van der Waals surface area (Å²) in [5.41, 5.74) is 1.21. The zero-order valence-corrected chi connectivity index (χ0v) is 17.9. The second-order valence-corrected chi connectivity index (χ2v) is 8.49. The topological polar surface area (TPSA) is 18.5 Å². The summed E-state index contributed by atoms with van der Waals surface area (Å²) in [6.45, 7) is 8.74. The van der Waals surface area contributed by atoms with Crippen LogP contribution < -0.4 is 0 Å². The van der Waals surface area contributed by atoms with Gasteiger partial charge in [-0.1, -0.05) is 57.1 Å². The second-order valence-electron chi connectivity index (χ2n) is 8.49. The largest absolute Gasteiger partial charge is 0.381 e. The molecule has 0 aliphatic carbocycles. The molecule has 0 aliphatic heterocycles. The van der Waals surface area contributed by atoms with E-state index in [-0.39, 0.29) is 11.4 Å². The lowest BCUT2D eigenvalue weighted by atomic mass is 10.0. The van der Waals surface area contributed by atoms with Crippen LogP contribution in [0.2, 0.25) is 0 Å². The van der Waals surface area contributed by atoms with Crippen LogP contribution in [-0.2, 0) is 15.9 Å². The van der Waals surface area contributed by atoms with Crippen molar-refractivity contribution in [2.24, 2.45) is 0 Å². The fourth-order valence-electron chi connectivity index (χ4n) is 3.06. The molecule has 2 nitrogen and oxygen atoms in total. The average Bonchev–Trinajstić information content (AvgIpc) is 2.62. The third-order valence-corrected chi connectivity index (χ3v) is 4.64. The van der Waals surface area contributed by atoms with Gasteiger partial charge in [-0.2, -0.15) is 0 Å². The summed E-state index contributed by atoms with van der Waals surface area (Å²) in [5, 5.41) is 0. The van der Waals surface area contributed by atoms with E-state index in [0.29, 0.717) is 0 Å². The molecule has 0 amide bonds. The standard InChI is InChI=1S/C24H41FO2/c1-24(2,3)27-21-13-20-26-19-12-10-8-6-4-5-7-9-11-14-22-15-17-23(25)18-16-22/h15-18H,4-14,19-21H2,1-3H3. The maximum Gasteiger partial charge on any atom is 0.123 e. The van der Waals surface area contributed by atoms with Gasteiger partial charge in [0.1, 0.15) is 5.82 Å². The number of halogens is 1. The van der Waals surface area contributed by atoms with E-state index in [1.807, 2.05) is 12.1 Å². The van der Waals surface area contributed by atoms with Crippen molar-refractivity contribution >= 4 is 0 Å². The summed E-state index contributed by atoms with van der Waals surface area (Å²) < 4.78 is 24.2. The molecule has 1 aromatic rings. The minimum atomic E-state index is -0.143. The summed E-state index contributed by atoms with van der Waals surface area (Å²) in [6.07, 6.45) is 13.7. The molecule has 0 bridgehead atoms. The molecule has 1 aromatic carbocycles. The number of ether oxygens (including phenoxy) is 2. The van der Waals surface area contributed by atoms with Gasteiger partial charge in [0.2, 0.25) is 0 Å². The minimum absolute atomic E-state index is 0.0391. The van der Waals surface area contributed by atoms with Crippen LogP contribution in [0.25, 0.3) is 0 Å². The molecule has 156 valence electrons. The van der Waals surface area contributed by atoms with E-state index in [1.54, 1.807) is 12.1 Å². The molecule has 27 heavy (non-hydrogen) atoms. The number of hydrogen-bond donors (Lipinski definition) is 0. The van der Waals surface area contributed by atoms with Crippen LogP contribution in [0.1, 0.15) is 90.5 Å². The molecule has 0 N–H and O–H groups in total. The number of hydrogen-bond acceptors (Lipinski definition) is 2. The van der Waals surface area contributed by atoms with Gasteiger partial charge < -0.3 is 9.47 Å². The number of aryl methyl sites for hydroxylation is 1. The summed E-state index contributed by atoms with van der Waals surface area (Å²) in [7, 11) is 0. The van der Waals surface area contributed by atoms with Crippen LogP contribution in [0.4, 0.5) is 4.39 Å². The second kappa shape index (κ2) is 15.0. The first-order chi connectivity index (χ1) is 13.0. The Kier molecular flexibility index (Phi) is 13.4. The predicted molar refractivity (Wildman–Crippen MR) is 113 cm³/mol. The Bertz CT molecular complexity index is 450. The molecule has 0 aromatic heterocycles. The Morgan fingerprint density at radius 1 is 0.667 bits per heavy atom. The Balaban J connectivity index is 1.75. The molecule has 1 rings (SSSR count). The first-order valence-electron chi connectivity index (χ1n) is 10.9. The van der Waals surface area contributed by atoms with Crippen molar-refractivity contribution in [2.45, 2.75) is 97.0 Å². The highest BCUT2D eigenvalue weighted by molar-refractivity contribution is 5.15. The lowest BCUT2D eigenvalue weighted by Gasteiger charge is -2.19. The number of rotatable bonds is 16. The van der Waals surface area contributed by atoms with Gasteiger partial charge in [-0.25, -0.2) is 4.39 Å². The van der Waals surface area contributed by atoms with Gasteiger partial charge in [0.15, 0.2) is 0 Å². The quantitative estimate of drug-likeness (QED) is 0.285. The summed E-state index contributed by atoms with van der Waals surface area (Å²) in [5.74, 6) is -0.143. The van der Waals surface area contributed by atoms with Crippen LogP contribution >= 0.6 is 0 Å². The van der Waals surface area contributed by atoms with Crippen LogP contribution in [0, 0.1) is 5.82 Å². The molecule has 0 saturated heterocycles. The summed E-state index contributed by atoms with van der Waals surface area (Å²) >= 11 is 0. The fraction of sp³-hybridized carbons (Fsp3) is 0.750. The van der Waals surface area contributed by atoms with Crippen molar-refractivity contribution in [3.05, 3.63) is 35.6 Å². The zero-order valence-electron chi connectivity index (χ0n) is 17.9.